The SMILES string of the molecule is Br.O=C(O)CCSCc1ccccn1. The number of halogens is 1. The smallest absolute Gasteiger partial charge is 0.304 e. The van der Waals surface area contributed by atoms with E-state index in [9.17, 15) is 4.79 Å². The van der Waals surface area contributed by atoms with E-state index in [0.717, 1.165) is 11.4 Å². The van der Waals surface area contributed by atoms with Crippen LogP contribution in [-0.2, 0) is 10.5 Å². The maximum Gasteiger partial charge on any atom is 0.304 e. The van der Waals surface area contributed by atoms with Gasteiger partial charge in [-0.05, 0) is 12.1 Å². The van der Waals surface area contributed by atoms with Crippen molar-refractivity contribution in [3.8, 4) is 0 Å². The van der Waals surface area contributed by atoms with Crippen LogP contribution < -0.4 is 0 Å². The van der Waals surface area contributed by atoms with Crippen LogP contribution in [0.2, 0.25) is 0 Å². The summed E-state index contributed by atoms with van der Waals surface area (Å²) in [6.07, 6.45) is 1.96. The van der Waals surface area contributed by atoms with E-state index >= 15 is 0 Å². The summed E-state index contributed by atoms with van der Waals surface area (Å²) < 4.78 is 0. The summed E-state index contributed by atoms with van der Waals surface area (Å²) in [5, 5.41) is 8.38. The first kappa shape index (κ1) is 13.4. The number of rotatable bonds is 5. The van der Waals surface area contributed by atoms with Crippen molar-refractivity contribution >= 4 is 34.7 Å². The second-order valence-electron chi connectivity index (χ2n) is 2.52. The maximum atomic E-state index is 10.2. The molecule has 0 aliphatic heterocycles. The Balaban J connectivity index is 0.00000169. The van der Waals surface area contributed by atoms with Gasteiger partial charge in [-0.2, -0.15) is 11.8 Å². The lowest BCUT2D eigenvalue weighted by Crippen LogP contribution is -1.96. The molecule has 0 saturated carbocycles. The number of thioether (sulfide) groups is 1. The number of carboxylic acids is 1. The quantitative estimate of drug-likeness (QED) is 0.840. The molecule has 0 atom stereocenters. The van der Waals surface area contributed by atoms with Gasteiger partial charge < -0.3 is 5.11 Å². The second-order valence-corrected chi connectivity index (χ2v) is 3.62. The molecular formula is C9H12BrNO2S. The van der Waals surface area contributed by atoms with Gasteiger partial charge in [-0.1, -0.05) is 6.07 Å². The first-order valence-electron chi connectivity index (χ1n) is 3.98. The number of hydrogen-bond donors (Lipinski definition) is 1. The lowest BCUT2D eigenvalue weighted by atomic mass is 10.4. The van der Waals surface area contributed by atoms with Crippen molar-refractivity contribution in [1.29, 1.82) is 0 Å². The average Bonchev–Trinajstić information content (AvgIpc) is 2.14. The normalized spacial score (nSPS) is 9.14. The Kier molecular flexibility index (Phi) is 7.51. The molecule has 5 heteroatoms. The van der Waals surface area contributed by atoms with Crippen LogP contribution in [-0.4, -0.2) is 21.8 Å². The Morgan fingerprint density at radius 3 is 2.86 bits per heavy atom. The molecule has 0 aliphatic rings. The van der Waals surface area contributed by atoms with Crippen LogP contribution in [0.3, 0.4) is 0 Å². The van der Waals surface area contributed by atoms with Crippen LogP contribution in [0, 0.1) is 0 Å². The third kappa shape index (κ3) is 5.99. The van der Waals surface area contributed by atoms with Gasteiger partial charge >= 0.3 is 5.97 Å². The molecule has 0 aliphatic carbocycles. The third-order valence-electron chi connectivity index (χ3n) is 1.44. The van der Waals surface area contributed by atoms with Gasteiger partial charge in [0.25, 0.3) is 0 Å². The topological polar surface area (TPSA) is 50.2 Å². The van der Waals surface area contributed by atoms with Gasteiger partial charge in [-0.25, -0.2) is 0 Å². The molecule has 0 spiro atoms. The van der Waals surface area contributed by atoms with E-state index in [2.05, 4.69) is 4.98 Å². The zero-order valence-electron chi connectivity index (χ0n) is 7.55. The molecule has 0 amide bonds. The molecule has 3 nitrogen and oxygen atoms in total. The van der Waals surface area contributed by atoms with E-state index in [1.54, 1.807) is 18.0 Å². The Bertz CT molecular complexity index is 269. The van der Waals surface area contributed by atoms with E-state index in [-0.39, 0.29) is 23.4 Å². The summed E-state index contributed by atoms with van der Waals surface area (Å²) in [5.41, 5.74) is 0.998. The number of pyridine rings is 1. The number of hydrogen-bond acceptors (Lipinski definition) is 3. The van der Waals surface area contributed by atoms with E-state index in [0.29, 0.717) is 5.75 Å². The number of carbonyl (C=O) groups is 1. The number of nitrogens with zero attached hydrogens (tertiary/aromatic N) is 1. The number of aromatic nitrogens is 1. The lowest BCUT2D eigenvalue weighted by Gasteiger charge is -1.98. The summed E-state index contributed by atoms with van der Waals surface area (Å²) in [7, 11) is 0. The molecule has 1 N–H and O–H groups in total. The van der Waals surface area contributed by atoms with Gasteiger partial charge in [0.2, 0.25) is 0 Å². The Morgan fingerprint density at radius 1 is 1.50 bits per heavy atom. The zero-order valence-corrected chi connectivity index (χ0v) is 10.1. The standard InChI is InChI=1S/C9H11NO2S.BrH/c11-9(12)4-6-13-7-8-3-1-2-5-10-8;/h1-3,5H,4,6-7H2,(H,11,12);1H. The molecule has 0 fully saturated rings. The Labute approximate surface area is 97.7 Å². The minimum Gasteiger partial charge on any atom is -0.481 e. The fraction of sp³-hybridized carbons (Fsp3) is 0.333. The molecule has 1 rings (SSSR count). The van der Waals surface area contributed by atoms with Crippen LogP contribution in [0.15, 0.2) is 24.4 Å². The Hall–Kier alpha value is -0.550. The zero-order chi connectivity index (χ0) is 9.52. The monoisotopic (exact) mass is 277 g/mol. The van der Waals surface area contributed by atoms with Crippen LogP contribution in [0.1, 0.15) is 12.1 Å². The predicted octanol–water partition coefficient (Wildman–Crippen LogP) is 2.37. The summed E-state index contributed by atoms with van der Waals surface area (Å²) in [6.45, 7) is 0. The minimum atomic E-state index is -0.742. The second kappa shape index (κ2) is 7.82. The number of aliphatic carboxylic acids is 1. The molecular weight excluding hydrogens is 266 g/mol. The highest BCUT2D eigenvalue weighted by Gasteiger charge is 1.97. The highest BCUT2D eigenvalue weighted by atomic mass is 79.9. The fourth-order valence-corrected chi connectivity index (χ4v) is 1.66. The lowest BCUT2D eigenvalue weighted by molar-refractivity contribution is -0.136. The van der Waals surface area contributed by atoms with Gasteiger partial charge in [0, 0.05) is 17.7 Å². The van der Waals surface area contributed by atoms with Gasteiger partial charge in [-0.3, -0.25) is 9.78 Å². The van der Waals surface area contributed by atoms with Crippen molar-refractivity contribution in [2.24, 2.45) is 0 Å². The molecule has 0 aromatic carbocycles. The van der Waals surface area contributed by atoms with E-state index in [1.807, 2.05) is 18.2 Å². The van der Waals surface area contributed by atoms with E-state index in [4.69, 9.17) is 5.11 Å². The molecule has 14 heavy (non-hydrogen) atoms. The largest absolute Gasteiger partial charge is 0.481 e. The highest BCUT2D eigenvalue weighted by molar-refractivity contribution is 8.93. The highest BCUT2D eigenvalue weighted by Crippen LogP contribution is 2.10. The molecule has 78 valence electrons. The molecule has 0 unspecified atom stereocenters. The first-order valence-corrected chi connectivity index (χ1v) is 5.14. The van der Waals surface area contributed by atoms with Crippen LogP contribution in [0.4, 0.5) is 0 Å². The third-order valence-corrected chi connectivity index (χ3v) is 2.43. The molecule has 1 aromatic heterocycles. The van der Waals surface area contributed by atoms with Crippen molar-refractivity contribution in [3.05, 3.63) is 30.1 Å². The van der Waals surface area contributed by atoms with Crippen molar-refractivity contribution in [2.75, 3.05) is 5.75 Å². The summed E-state index contributed by atoms with van der Waals surface area (Å²) in [4.78, 5) is 14.3. The van der Waals surface area contributed by atoms with Crippen molar-refractivity contribution in [1.82, 2.24) is 4.98 Å². The minimum absolute atomic E-state index is 0. The van der Waals surface area contributed by atoms with Crippen LogP contribution in [0.25, 0.3) is 0 Å². The predicted molar refractivity (Wildman–Crippen MR) is 63.0 cm³/mol. The van der Waals surface area contributed by atoms with Crippen molar-refractivity contribution in [2.45, 2.75) is 12.2 Å². The fourth-order valence-electron chi connectivity index (χ4n) is 0.820. The van der Waals surface area contributed by atoms with Crippen molar-refractivity contribution < 1.29 is 9.90 Å². The van der Waals surface area contributed by atoms with E-state index < -0.39 is 5.97 Å². The summed E-state index contributed by atoms with van der Waals surface area (Å²) in [5.74, 6) is 0.688. The molecule has 0 bridgehead atoms. The first-order chi connectivity index (χ1) is 6.29. The summed E-state index contributed by atoms with van der Waals surface area (Å²) >= 11 is 1.59. The van der Waals surface area contributed by atoms with Gasteiger partial charge in [0.05, 0.1) is 12.1 Å². The molecule has 1 heterocycles. The molecule has 1 aromatic rings. The summed E-state index contributed by atoms with van der Waals surface area (Å²) in [6, 6.07) is 5.74. The van der Waals surface area contributed by atoms with Crippen LogP contribution in [0.5, 0.6) is 0 Å². The van der Waals surface area contributed by atoms with Gasteiger partial charge in [-0.15, -0.1) is 17.0 Å². The average molecular weight is 278 g/mol. The van der Waals surface area contributed by atoms with Gasteiger partial charge in [0.1, 0.15) is 0 Å². The Morgan fingerprint density at radius 2 is 2.29 bits per heavy atom. The van der Waals surface area contributed by atoms with Gasteiger partial charge in [0.15, 0.2) is 0 Å². The maximum absolute atomic E-state index is 10.2. The van der Waals surface area contributed by atoms with E-state index in [1.165, 1.54) is 0 Å². The van der Waals surface area contributed by atoms with Crippen molar-refractivity contribution in [3.63, 3.8) is 0 Å². The molecule has 0 radical (unpaired) electrons. The van der Waals surface area contributed by atoms with Crippen LogP contribution >= 0.6 is 28.7 Å². The molecule has 0 saturated heterocycles. The number of carboxylic acid groups (broad SMARTS) is 1.